The van der Waals surface area contributed by atoms with E-state index in [9.17, 15) is 0 Å². The second kappa shape index (κ2) is 6.13. The molecular weight excluding hydrogens is 298 g/mol. The third kappa shape index (κ3) is 2.95. The molecule has 0 atom stereocenters. The van der Waals surface area contributed by atoms with Crippen molar-refractivity contribution in [2.45, 2.75) is 13.8 Å². The highest BCUT2D eigenvalue weighted by Gasteiger charge is 2.17. The van der Waals surface area contributed by atoms with Crippen LogP contribution in [0.3, 0.4) is 0 Å². The fourth-order valence-corrected chi connectivity index (χ4v) is 1.88. The van der Waals surface area contributed by atoms with Crippen LogP contribution >= 0.6 is 0 Å². The fraction of sp³-hybridized carbons (Fsp3) is 0.154. The van der Waals surface area contributed by atoms with E-state index in [0.29, 0.717) is 22.8 Å². The van der Waals surface area contributed by atoms with Crippen molar-refractivity contribution in [2.24, 2.45) is 10.2 Å². The summed E-state index contributed by atoms with van der Waals surface area (Å²) in [6.45, 7) is 3.59. The third-order valence-corrected chi connectivity index (χ3v) is 3.02. The molecule has 2 N–H and O–H groups in total. The summed E-state index contributed by atoms with van der Waals surface area (Å²) in [4.78, 5) is 4.12. The maximum Gasteiger partial charge on any atom is 0.243 e. The molecule has 10 nitrogen and oxygen atoms in total. The van der Waals surface area contributed by atoms with Gasteiger partial charge in [-0.2, -0.15) is 14.9 Å². The van der Waals surface area contributed by atoms with Crippen molar-refractivity contribution >= 4 is 17.7 Å². The summed E-state index contributed by atoms with van der Waals surface area (Å²) >= 11 is 0. The van der Waals surface area contributed by atoms with Gasteiger partial charge >= 0.3 is 0 Å². The number of hydrogen-bond donors (Lipinski definition) is 1. The van der Waals surface area contributed by atoms with E-state index in [2.05, 4.69) is 40.4 Å². The van der Waals surface area contributed by atoms with E-state index in [-0.39, 0.29) is 11.6 Å². The van der Waals surface area contributed by atoms with Crippen molar-refractivity contribution in [3.8, 4) is 5.82 Å². The average Bonchev–Trinajstić information content (AvgIpc) is 3.14. The molecule has 3 rings (SSSR count). The molecule has 0 aliphatic rings. The normalized spacial score (nSPS) is 12.2. The topological polar surface area (TPSA) is 133 Å². The Balaban J connectivity index is 1.85. The second-order valence-electron chi connectivity index (χ2n) is 4.59. The van der Waals surface area contributed by atoms with Crippen LogP contribution in [-0.2, 0) is 0 Å². The number of rotatable bonds is 4. The lowest BCUT2D eigenvalue weighted by molar-refractivity contribution is 0.306. The zero-order valence-electron chi connectivity index (χ0n) is 12.5. The summed E-state index contributed by atoms with van der Waals surface area (Å²) in [5.74, 6) is 0.415. The fourth-order valence-electron chi connectivity index (χ4n) is 1.88. The van der Waals surface area contributed by atoms with Crippen molar-refractivity contribution in [2.75, 3.05) is 5.73 Å². The van der Waals surface area contributed by atoms with Crippen LogP contribution < -0.4 is 5.73 Å². The minimum atomic E-state index is 0.132. The number of anilines is 1. The van der Waals surface area contributed by atoms with Gasteiger partial charge in [0.2, 0.25) is 11.6 Å². The Bertz CT molecular complexity index is 863. The highest BCUT2D eigenvalue weighted by molar-refractivity contribution is 5.98. The SMILES string of the molecule is C/C(=N\N=C\c1ccccn1)c1nnn(-c2nonc2N)c1C. The Morgan fingerprint density at radius 1 is 1.35 bits per heavy atom. The molecule has 0 saturated carbocycles. The van der Waals surface area contributed by atoms with E-state index in [4.69, 9.17) is 5.73 Å². The second-order valence-corrected chi connectivity index (χ2v) is 4.59. The molecule has 0 spiro atoms. The Morgan fingerprint density at radius 2 is 2.22 bits per heavy atom. The van der Waals surface area contributed by atoms with Gasteiger partial charge in [-0.3, -0.25) is 4.98 Å². The van der Waals surface area contributed by atoms with Crippen LogP contribution in [0.1, 0.15) is 24.0 Å². The van der Waals surface area contributed by atoms with Gasteiger partial charge in [0.05, 0.1) is 23.3 Å². The first-order valence-electron chi connectivity index (χ1n) is 6.66. The third-order valence-electron chi connectivity index (χ3n) is 3.02. The number of pyridine rings is 1. The van der Waals surface area contributed by atoms with Crippen molar-refractivity contribution in [3.05, 3.63) is 41.5 Å². The minimum Gasteiger partial charge on any atom is -0.378 e. The predicted octanol–water partition coefficient (Wildman–Crippen LogP) is 0.779. The number of nitrogen functional groups attached to an aromatic ring is 1. The van der Waals surface area contributed by atoms with E-state index in [0.717, 1.165) is 0 Å². The van der Waals surface area contributed by atoms with Crippen LogP contribution in [-0.4, -0.2) is 42.2 Å². The van der Waals surface area contributed by atoms with Crippen LogP contribution in [0.5, 0.6) is 0 Å². The van der Waals surface area contributed by atoms with Gasteiger partial charge in [0.25, 0.3) is 0 Å². The van der Waals surface area contributed by atoms with Gasteiger partial charge in [-0.05, 0) is 36.3 Å². The molecule has 3 heterocycles. The van der Waals surface area contributed by atoms with Gasteiger partial charge in [-0.1, -0.05) is 11.3 Å². The molecule has 0 fully saturated rings. The van der Waals surface area contributed by atoms with E-state index in [1.807, 2.05) is 25.1 Å². The smallest absolute Gasteiger partial charge is 0.243 e. The molecule has 0 amide bonds. The lowest BCUT2D eigenvalue weighted by Gasteiger charge is -1.98. The first-order valence-corrected chi connectivity index (χ1v) is 6.66. The van der Waals surface area contributed by atoms with Crippen molar-refractivity contribution in [3.63, 3.8) is 0 Å². The molecule has 0 aliphatic heterocycles. The van der Waals surface area contributed by atoms with Crippen LogP contribution in [0.15, 0.2) is 39.2 Å². The molecule has 116 valence electrons. The van der Waals surface area contributed by atoms with Gasteiger partial charge < -0.3 is 5.73 Å². The molecule has 0 aliphatic carbocycles. The van der Waals surface area contributed by atoms with Crippen molar-refractivity contribution in [1.29, 1.82) is 0 Å². The molecule has 0 aromatic carbocycles. The molecule has 0 bridgehead atoms. The monoisotopic (exact) mass is 311 g/mol. The predicted molar refractivity (Wildman–Crippen MR) is 82.4 cm³/mol. The Kier molecular flexibility index (Phi) is 3.87. The summed E-state index contributed by atoms with van der Waals surface area (Å²) in [6.07, 6.45) is 3.24. The Morgan fingerprint density at radius 3 is 2.91 bits per heavy atom. The maximum absolute atomic E-state index is 5.65. The molecule has 0 radical (unpaired) electrons. The Labute approximate surface area is 130 Å². The van der Waals surface area contributed by atoms with Crippen molar-refractivity contribution in [1.82, 2.24) is 30.3 Å². The first kappa shape index (κ1) is 14.5. The maximum atomic E-state index is 5.65. The van der Waals surface area contributed by atoms with Crippen LogP contribution in [0.4, 0.5) is 5.82 Å². The molecule has 3 aromatic heterocycles. The largest absolute Gasteiger partial charge is 0.378 e. The van der Waals surface area contributed by atoms with E-state index < -0.39 is 0 Å². The lowest BCUT2D eigenvalue weighted by atomic mass is 10.2. The number of nitrogens with two attached hydrogens (primary N) is 1. The van der Waals surface area contributed by atoms with E-state index in [1.165, 1.54) is 4.68 Å². The summed E-state index contributed by atoms with van der Waals surface area (Å²) in [7, 11) is 0. The minimum absolute atomic E-state index is 0.132. The first-order chi connectivity index (χ1) is 11.2. The average molecular weight is 311 g/mol. The molecule has 0 saturated heterocycles. The van der Waals surface area contributed by atoms with Gasteiger partial charge in [-0.15, -0.1) is 5.10 Å². The van der Waals surface area contributed by atoms with Crippen LogP contribution in [0, 0.1) is 6.92 Å². The molecule has 3 aromatic rings. The number of nitrogens with zero attached hydrogens (tertiary/aromatic N) is 8. The molecular formula is C13H13N9O. The quantitative estimate of drug-likeness (QED) is 0.555. The zero-order valence-corrected chi connectivity index (χ0v) is 12.5. The summed E-state index contributed by atoms with van der Waals surface area (Å²) < 4.78 is 6.00. The Hall–Kier alpha value is -3.43. The van der Waals surface area contributed by atoms with E-state index >= 15 is 0 Å². The molecule has 0 unspecified atom stereocenters. The number of hydrogen-bond acceptors (Lipinski definition) is 9. The van der Waals surface area contributed by atoms with Gasteiger partial charge in [0, 0.05) is 6.20 Å². The summed E-state index contributed by atoms with van der Waals surface area (Å²) in [6, 6.07) is 5.53. The van der Waals surface area contributed by atoms with E-state index in [1.54, 1.807) is 19.3 Å². The highest BCUT2D eigenvalue weighted by atomic mass is 16.6. The van der Waals surface area contributed by atoms with Crippen LogP contribution in [0.2, 0.25) is 0 Å². The standard InChI is InChI=1S/C13H13N9O/c1-8(17-16-7-10-5-3-4-6-15-10)11-9(2)22(21-18-11)13-12(14)19-23-20-13/h3-7H,1-2H3,(H2,14,19)/b16-7+,17-8+. The molecule has 23 heavy (non-hydrogen) atoms. The summed E-state index contributed by atoms with van der Waals surface area (Å²) in [5.41, 5.74) is 8.23. The van der Waals surface area contributed by atoms with Crippen LogP contribution in [0.25, 0.3) is 5.82 Å². The zero-order chi connectivity index (χ0) is 16.2. The summed E-state index contributed by atoms with van der Waals surface area (Å²) in [5, 5.41) is 23.4. The van der Waals surface area contributed by atoms with Gasteiger partial charge in [0.15, 0.2) is 0 Å². The lowest BCUT2D eigenvalue weighted by Crippen LogP contribution is -2.04. The van der Waals surface area contributed by atoms with Gasteiger partial charge in [0.1, 0.15) is 5.69 Å². The molecule has 10 heteroatoms. The highest BCUT2D eigenvalue weighted by Crippen LogP contribution is 2.15. The van der Waals surface area contributed by atoms with Crippen molar-refractivity contribution < 1.29 is 4.63 Å². The van der Waals surface area contributed by atoms with Gasteiger partial charge in [-0.25, -0.2) is 4.63 Å². The number of aromatic nitrogens is 6.